The summed E-state index contributed by atoms with van der Waals surface area (Å²) in [7, 11) is 0. The number of hydrogen-bond donors (Lipinski definition) is 2. The SMILES string of the molecule is CCCn1c(-c2ccccc2OCC)ccc(C(=N)N)c1=O. The second-order valence-corrected chi connectivity index (χ2v) is 4.93. The van der Waals surface area contributed by atoms with Crippen LogP contribution in [-0.4, -0.2) is 17.0 Å². The fourth-order valence-corrected chi connectivity index (χ4v) is 2.42. The first kappa shape index (κ1) is 15.8. The van der Waals surface area contributed by atoms with Gasteiger partial charge in [-0.05, 0) is 37.6 Å². The van der Waals surface area contributed by atoms with Crippen LogP contribution in [0.4, 0.5) is 0 Å². The van der Waals surface area contributed by atoms with Crippen molar-refractivity contribution in [3.63, 3.8) is 0 Å². The Morgan fingerprint density at radius 1 is 1.23 bits per heavy atom. The van der Waals surface area contributed by atoms with Gasteiger partial charge in [0.1, 0.15) is 11.6 Å². The van der Waals surface area contributed by atoms with Crippen molar-refractivity contribution in [3.8, 4) is 17.0 Å². The molecule has 0 spiro atoms. The van der Waals surface area contributed by atoms with Gasteiger partial charge >= 0.3 is 0 Å². The summed E-state index contributed by atoms with van der Waals surface area (Å²) in [6.45, 7) is 5.05. The van der Waals surface area contributed by atoms with Crippen LogP contribution < -0.4 is 16.0 Å². The molecule has 5 heteroatoms. The van der Waals surface area contributed by atoms with E-state index in [1.807, 2.05) is 44.2 Å². The summed E-state index contributed by atoms with van der Waals surface area (Å²) in [5.74, 6) is 0.532. The second kappa shape index (κ2) is 6.93. The van der Waals surface area contributed by atoms with Gasteiger partial charge in [0.05, 0.1) is 17.9 Å². The Morgan fingerprint density at radius 3 is 2.59 bits per heavy atom. The molecule has 0 aliphatic carbocycles. The number of pyridine rings is 1. The minimum Gasteiger partial charge on any atom is -0.493 e. The Morgan fingerprint density at radius 2 is 1.95 bits per heavy atom. The van der Waals surface area contributed by atoms with Crippen LogP contribution in [0.15, 0.2) is 41.2 Å². The number of benzene rings is 1. The summed E-state index contributed by atoms with van der Waals surface area (Å²) in [5, 5.41) is 7.53. The number of para-hydroxylation sites is 1. The van der Waals surface area contributed by atoms with Crippen LogP contribution in [0.25, 0.3) is 11.3 Å². The highest BCUT2D eigenvalue weighted by atomic mass is 16.5. The standard InChI is InChI=1S/C17H21N3O2/c1-3-11-20-14(10-9-13(16(18)19)17(20)21)12-7-5-6-8-15(12)22-4-2/h5-10H,3-4,11H2,1-2H3,(H3,18,19). The van der Waals surface area contributed by atoms with Gasteiger partial charge in [-0.15, -0.1) is 0 Å². The average molecular weight is 299 g/mol. The molecule has 22 heavy (non-hydrogen) atoms. The van der Waals surface area contributed by atoms with Crippen molar-refractivity contribution in [1.29, 1.82) is 5.41 Å². The van der Waals surface area contributed by atoms with E-state index in [4.69, 9.17) is 15.9 Å². The van der Waals surface area contributed by atoms with Gasteiger partial charge < -0.3 is 15.0 Å². The summed E-state index contributed by atoms with van der Waals surface area (Å²) in [6.07, 6.45) is 0.811. The lowest BCUT2D eigenvalue weighted by molar-refractivity contribution is 0.341. The van der Waals surface area contributed by atoms with E-state index in [-0.39, 0.29) is 17.0 Å². The molecule has 0 bridgehead atoms. The molecule has 116 valence electrons. The first-order valence-corrected chi connectivity index (χ1v) is 7.40. The zero-order valence-electron chi connectivity index (χ0n) is 12.9. The van der Waals surface area contributed by atoms with E-state index in [1.165, 1.54) is 0 Å². The van der Waals surface area contributed by atoms with Crippen molar-refractivity contribution in [1.82, 2.24) is 4.57 Å². The maximum atomic E-state index is 12.6. The minimum absolute atomic E-state index is 0.209. The molecular weight excluding hydrogens is 278 g/mol. The van der Waals surface area contributed by atoms with Crippen molar-refractivity contribution in [3.05, 3.63) is 52.3 Å². The highest BCUT2D eigenvalue weighted by Gasteiger charge is 2.14. The third-order valence-electron chi connectivity index (χ3n) is 3.37. The molecule has 0 aliphatic rings. The van der Waals surface area contributed by atoms with Crippen molar-refractivity contribution in [2.45, 2.75) is 26.8 Å². The predicted molar refractivity (Wildman–Crippen MR) is 88.6 cm³/mol. The molecule has 0 saturated carbocycles. The van der Waals surface area contributed by atoms with E-state index in [2.05, 4.69) is 0 Å². The van der Waals surface area contributed by atoms with Crippen LogP contribution >= 0.6 is 0 Å². The van der Waals surface area contributed by atoms with Crippen LogP contribution in [0.3, 0.4) is 0 Å². The van der Waals surface area contributed by atoms with Crippen molar-refractivity contribution in [2.24, 2.45) is 5.73 Å². The Balaban J connectivity index is 2.68. The van der Waals surface area contributed by atoms with Crippen LogP contribution in [0.1, 0.15) is 25.8 Å². The van der Waals surface area contributed by atoms with Gasteiger partial charge in [0.25, 0.3) is 5.56 Å². The number of aromatic nitrogens is 1. The number of nitrogens with zero attached hydrogens (tertiary/aromatic N) is 1. The molecule has 0 atom stereocenters. The van der Waals surface area contributed by atoms with Crippen molar-refractivity contribution < 1.29 is 4.74 Å². The Bertz CT molecular complexity index is 735. The fraction of sp³-hybridized carbons (Fsp3) is 0.294. The van der Waals surface area contributed by atoms with Crippen molar-refractivity contribution >= 4 is 5.84 Å². The normalized spacial score (nSPS) is 10.5. The van der Waals surface area contributed by atoms with E-state index in [9.17, 15) is 4.79 Å². The van der Waals surface area contributed by atoms with Gasteiger partial charge in [-0.25, -0.2) is 0 Å². The molecule has 0 saturated heterocycles. The lowest BCUT2D eigenvalue weighted by atomic mass is 10.1. The molecule has 2 aromatic rings. The topological polar surface area (TPSA) is 81.1 Å². The maximum Gasteiger partial charge on any atom is 0.262 e. The van der Waals surface area contributed by atoms with E-state index in [1.54, 1.807) is 10.6 Å². The molecule has 0 radical (unpaired) electrons. The Labute approximate surface area is 129 Å². The largest absolute Gasteiger partial charge is 0.493 e. The lowest BCUT2D eigenvalue weighted by Gasteiger charge is -2.16. The van der Waals surface area contributed by atoms with Crippen LogP contribution in [0, 0.1) is 5.41 Å². The lowest BCUT2D eigenvalue weighted by Crippen LogP contribution is -2.30. The number of nitrogen functional groups attached to an aromatic ring is 1. The summed E-state index contributed by atoms with van der Waals surface area (Å²) < 4.78 is 7.32. The molecule has 0 aliphatic heterocycles. The van der Waals surface area contributed by atoms with E-state index < -0.39 is 0 Å². The molecule has 1 aromatic carbocycles. The third kappa shape index (κ3) is 3.03. The molecule has 0 amide bonds. The number of ether oxygens (including phenoxy) is 1. The van der Waals surface area contributed by atoms with E-state index in [0.29, 0.717) is 13.2 Å². The zero-order valence-corrected chi connectivity index (χ0v) is 12.9. The average Bonchev–Trinajstić information content (AvgIpc) is 2.50. The summed E-state index contributed by atoms with van der Waals surface area (Å²) in [6, 6.07) is 11.1. The summed E-state index contributed by atoms with van der Waals surface area (Å²) >= 11 is 0. The molecular formula is C17H21N3O2. The smallest absolute Gasteiger partial charge is 0.262 e. The predicted octanol–water partition coefficient (Wildman–Crippen LogP) is 2.61. The number of hydrogen-bond acceptors (Lipinski definition) is 3. The third-order valence-corrected chi connectivity index (χ3v) is 3.37. The first-order valence-electron chi connectivity index (χ1n) is 7.40. The number of nitrogens with two attached hydrogens (primary N) is 1. The van der Waals surface area contributed by atoms with Gasteiger partial charge in [-0.3, -0.25) is 10.2 Å². The van der Waals surface area contributed by atoms with E-state index in [0.717, 1.165) is 23.4 Å². The molecule has 0 fully saturated rings. The molecule has 1 aromatic heterocycles. The van der Waals surface area contributed by atoms with Gasteiger partial charge in [-0.1, -0.05) is 19.1 Å². The maximum absolute atomic E-state index is 12.6. The quantitative estimate of drug-likeness (QED) is 0.635. The van der Waals surface area contributed by atoms with Gasteiger partial charge in [0, 0.05) is 12.1 Å². The minimum atomic E-state index is -0.238. The number of nitrogens with one attached hydrogen (secondary N) is 1. The van der Waals surface area contributed by atoms with Gasteiger partial charge in [0.2, 0.25) is 0 Å². The highest BCUT2D eigenvalue weighted by molar-refractivity contribution is 5.94. The number of rotatable bonds is 6. The molecule has 3 N–H and O–H groups in total. The van der Waals surface area contributed by atoms with Gasteiger partial charge in [-0.2, -0.15) is 0 Å². The fourth-order valence-electron chi connectivity index (χ4n) is 2.42. The monoisotopic (exact) mass is 299 g/mol. The number of amidine groups is 1. The molecule has 0 unspecified atom stereocenters. The summed E-state index contributed by atoms with van der Waals surface area (Å²) in [5.41, 5.74) is 7.13. The van der Waals surface area contributed by atoms with Crippen LogP contribution in [-0.2, 0) is 6.54 Å². The molecule has 1 heterocycles. The zero-order chi connectivity index (χ0) is 16.1. The molecule has 5 nitrogen and oxygen atoms in total. The first-order chi connectivity index (χ1) is 10.6. The molecule has 2 rings (SSSR count). The van der Waals surface area contributed by atoms with Crippen LogP contribution in [0.5, 0.6) is 5.75 Å². The second-order valence-electron chi connectivity index (χ2n) is 4.93. The highest BCUT2D eigenvalue weighted by Crippen LogP contribution is 2.29. The van der Waals surface area contributed by atoms with Crippen LogP contribution in [0.2, 0.25) is 0 Å². The summed E-state index contributed by atoms with van der Waals surface area (Å²) in [4.78, 5) is 12.6. The Kier molecular flexibility index (Phi) is 4.99. The van der Waals surface area contributed by atoms with Gasteiger partial charge in [0.15, 0.2) is 0 Å². The van der Waals surface area contributed by atoms with Crippen molar-refractivity contribution in [2.75, 3.05) is 6.61 Å². The Hall–Kier alpha value is -2.56. The van der Waals surface area contributed by atoms with E-state index >= 15 is 0 Å².